The smallest absolute Gasteiger partial charge is 0.0108 e. The van der Waals surface area contributed by atoms with Crippen LogP contribution < -0.4 is 0 Å². The van der Waals surface area contributed by atoms with Crippen molar-refractivity contribution in [2.75, 3.05) is 0 Å². The number of rotatable bonds is 6. The number of allylic oxidation sites excluding steroid dienone is 12. The van der Waals surface area contributed by atoms with Crippen molar-refractivity contribution in [3.8, 4) is 0 Å². The van der Waals surface area contributed by atoms with Gasteiger partial charge in [-0.25, -0.2) is 0 Å². The standard InChI is InChI=1S/2C21H20/c2*1-16(2)13-20-14-19(17-9-5-3-6-10-17)15-21(20)18-11-7-4-8-12-18/h2*3-16H,1-2H3/b2*20-13+. The van der Waals surface area contributed by atoms with Crippen molar-refractivity contribution in [1.82, 2.24) is 0 Å². The minimum atomic E-state index is 0.540. The normalized spacial score (nSPS) is 16.2. The lowest BCUT2D eigenvalue weighted by atomic mass is 9.98. The van der Waals surface area contributed by atoms with Crippen molar-refractivity contribution in [2.24, 2.45) is 11.8 Å². The van der Waals surface area contributed by atoms with Gasteiger partial charge in [-0.3, -0.25) is 0 Å². The van der Waals surface area contributed by atoms with E-state index in [0.29, 0.717) is 11.8 Å². The van der Waals surface area contributed by atoms with Gasteiger partial charge in [0.1, 0.15) is 0 Å². The zero-order valence-corrected chi connectivity index (χ0v) is 25.2. The molecule has 4 aromatic rings. The fourth-order valence-electron chi connectivity index (χ4n) is 5.38. The molecule has 0 saturated heterocycles. The van der Waals surface area contributed by atoms with Crippen LogP contribution in [0.5, 0.6) is 0 Å². The van der Waals surface area contributed by atoms with Crippen LogP contribution in [0.1, 0.15) is 49.9 Å². The van der Waals surface area contributed by atoms with E-state index in [4.69, 9.17) is 0 Å². The molecule has 0 heterocycles. The first kappa shape index (κ1) is 28.8. The van der Waals surface area contributed by atoms with Gasteiger partial charge in [-0.15, -0.1) is 0 Å². The number of hydrogen-bond acceptors (Lipinski definition) is 0. The Hall–Kier alpha value is -4.68. The quantitative estimate of drug-likeness (QED) is 0.226. The van der Waals surface area contributed by atoms with Crippen LogP contribution in [0, 0.1) is 11.8 Å². The summed E-state index contributed by atoms with van der Waals surface area (Å²) in [7, 11) is 0. The summed E-state index contributed by atoms with van der Waals surface area (Å²) in [4.78, 5) is 0. The fourth-order valence-corrected chi connectivity index (χ4v) is 5.38. The number of hydrogen-bond donors (Lipinski definition) is 0. The van der Waals surface area contributed by atoms with E-state index in [-0.39, 0.29) is 0 Å². The lowest BCUT2D eigenvalue weighted by molar-refractivity contribution is 0.828. The molecule has 0 radical (unpaired) electrons. The van der Waals surface area contributed by atoms with Crippen molar-refractivity contribution >= 4 is 22.3 Å². The second-order valence-corrected chi connectivity index (χ2v) is 11.5. The Balaban J connectivity index is 0.000000168. The molecule has 6 rings (SSSR count). The summed E-state index contributed by atoms with van der Waals surface area (Å²) in [5, 5.41) is 0. The van der Waals surface area contributed by atoms with Crippen molar-refractivity contribution in [3.63, 3.8) is 0 Å². The van der Waals surface area contributed by atoms with Crippen molar-refractivity contribution in [2.45, 2.75) is 27.7 Å². The van der Waals surface area contributed by atoms with Gasteiger partial charge in [0, 0.05) is 0 Å². The van der Waals surface area contributed by atoms with Gasteiger partial charge < -0.3 is 0 Å². The lowest BCUT2D eigenvalue weighted by Gasteiger charge is -2.06. The Bertz CT molecular complexity index is 1530. The molecule has 42 heavy (non-hydrogen) atoms. The summed E-state index contributed by atoms with van der Waals surface area (Å²) in [6, 6.07) is 42.4. The van der Waals surface area contributed by atoms with E-state index in [1.165, 1.54) is 55.7 Å². The Morgan fingerprint density at radius 1 is 0.357 bits per heavy atom. The third-order valence-electron chi connectivity index (χ3n) is 7.25. The van der Waals surface area contributed by atoms with Crippen molar-refractivity contribution in [3.05, 3.63) is 191 Å². The van der Waals surface area contributed by atoms with Crippen LogP contribution >= 0.6 is 0 Å². The van der Waals surface area contributed by atoms with Crippen LogP contribution in [-0.2, 0) is 0 Å². The average molecular weight is 545 g/mol. The average Bonchev–Trinajstić information content (AvgIpc) is 3.63. The summed E-state index contributed by atoms with van der Waals surface area (Å²) in [5.74, 6) is 1.08. The van der Waals surface area contributed by atoms with E-state index >= 15 is 0 Å². The summed E-state index contributed by atoms with van der Waals surface area (Å²) < 4.78 is 0. The zero-order valence-electron chi connectivity index (χ0n) is 25.2. The summed E-state index contributed by atoms with van der Waals surface area (Å²) >= 11 is 0. The molecular formula is C42H40. The highest BCUT2D eigenvalue weighted by atomic mass is 14.2. The molecular weight excluding hydrogens is 504 g/mol. The Morgan fingerprint density at radius 2 is 0.643 bits per heavy atom. The van der Waals surface area contributed by atoms with Gasteiger partial charge >= 0.3 is 0 Å². The minimum Gasteiger partial charge on any atom is -0.0740 e. The SMILES string of the molecule is CC(C)/C=C1\C=C(c2ccccc2)C=C1c1ccccc1.CC(C)/C=C1\C=C(c2ccccc2)C=C1c1ccccc1. The van der Waals surface area contributed by atoms with Crippen LogP contribution in [-0.4, -0.2) is 0 Å². The molecule has 0 nitrogen and oxygen atoms in total. The highest BCUT2D eigenvalue weighted by Crippen LogP contribution is 2.38. The van der Waals surface area contributed by atoms with Gasteiger partial charge in [-0.2, -0.15) is 0 Å². The maximum atomic E-state index is 2.34. The fraction of sp³-hybridized carbons (Fsp3) is 0.143. The van der Waals surface area contributed by atoms with Crippen LogP contribution in [0.15, 0.2) is 169 Å². The third-order valence-corrected chi connectivity index (χ3v) is 7.25. The van der Waals surface area contributed by atoms with Crippen molar-refractivity contribution in [1.29, 1.82) is 0 Å². The molecule has 208 valence electrons. The van der Waals surface area contributed by atoms with E-state index in [1.54, 1.807) is 0 Å². The van der Waals surface area contributed by atoms with Crippen LogP contribution in [0.3, 0.4) is 0 Å². The van der Waals surface area contributed by atoms with Gasteiger partial charge in [0.15, 0.2) is 0 Å². The van der Waals surface area contributed by atoms with E-state index in [1.807, 2.05) is 0 Å². The minimum absolute atomic E-state index is 0.540. The first-order valence-corrected chi connectivity index (χ1v) is 15.0. The predicted octanol–water partition coefficient (Wildman–Crippen LogP) is 11.5. The molecule has 0 N–H and O–H groups in total. The molecule has 4 aromatic carbocycles. The van der Waals surface area contributed by atoms with Gasteiger partial charge in [0.2, 0.25) is 0 Å². The van der Waals surface area contributed by atoms with E-state index in [9.17, 15) is 0 Å². The summed E-state index contributed by atoms with van der Waals surface area (Å²) in [5.41, 5.74) is 13.0. The molecule has 0 bridgehead atoms. The molecule has 0 aromatic heterocycles. The Morgan fingerprint density at radius 3 is 0.929 bits per heavy atom. The molecule has 2 aliphatic rings. The van der Waals surface area contributed by atoms with Gasteiger partial charge in [-0.1, -0.05) is 161 Å². The van der Waals surface area contributed by atoms with E-state index in [0.717, 1.165) is 0 Å². The third kappa shape index (κ3) is 7.33. The molecule has 0 amide bonds. The predicted molar refractivity (Wildman–Crippen MR) is 184 cm³/mol. The summed E-state index contributed by atoms with van der Waals surface area (Å²) in [6.07, 6.45) is 13.9. The molecule has 0 saturated carbocycles. The molecule has 0 spiro atoms. The van der Waals surface area contributed by atoms with E-state index < -0.39 is 0 Å². The highest BCUT2D eigenvalue weighted by Gasteiger charge is 2.16. The van der Waals surface area contributed by atoms with Crippen LogP contribution in [0.4, 0.5) is 0 Å². The van der Waals surface area contributed by atoms with Crippen LogP contribution in [0.25, 0.3) is 22.3 Å². The molecule has 0 aliphatic heterocycles. The molecule has 0 fully saturated rings. The van der Waals surface area contributed by atoms with Gasteiger partial charge in [0.25, 0.3) is 0 Å². The number of benzene rings is 4. The van der Waals surface area contributed by atoms with Crippen molar-refractivity contribution < 1.29 is 0 Å². The highest BCUT2D eigenvalue weighted by molar-refractivity contribution is 6.00. The van der Waals surface area contributed by atoms with E-state index in [2.05, 4.69) is 185 Å². The Kier molecular flexibility index (Phi) is 9.47. The van der Waals surface area contributed by atoms with Gasteiger partial charge in [0.05, 0.1) is 0 Å². The largest absolute Gasteiger partial charge is 0.0740 e. The van der Waals surface area contributed by atoms with Gasteiger partial charge in [-0.05, 0) is 91.8 Å². The second kappa shape index (κ2) is 13.8. The first-order valence-electron chi connectivity index (χ1n) is 15.0. The molecule has 0 heteroatoms. The maximum absolute atomic E-state index is 2.34. The zero-order chi connectivity index (χ0) is 29.3. The summed E-state index contributed by atoms with van der Waals surface area (Å²) in [6.45, 7) is 8.90. The lowest BCUT2D eigenvalue weighted by Crippen LogP contribution is -1.87. The monoisotopic (exact) mass is 544 g/mol. The topological polar surface area (TPSA) is 0 Å². The molecule has 0 unspecified atom stereocenters. The second-order valence-electron chi connectivity index (χ2n) is 11.5. The molecule has 2 aliphatic carbocycles. The maximum Gasteiger partial charge on any atom is -0.0108 e. The van der Waals surface area contributed by atoms with Crippen LogP contribution in [0.2, 0.25) is 0 Å². The Labute approximate surface area is 252 Å². The molecule has 0 atom stereocenters. The first-order chi connectivity index (χ1) is 20.5.